The predicted octanol–water partition coefficient (Wildman–Crippen LogP) is 1.92. The molecule has 0 saturated carbocycles. The predicted molar refractivity (Wildman–Crippen MR) is 88.0 cm³/mol. The number of hydrogen-bond acceptors (Lipinski definition) is 4. The fourth-order valence-corrected chi connectivity index (χ4v) is 2.49. The van der Waals surface area contributed by atoms with E-state index in [0.717, 1.165) is 19.4 Å². The van der Waals surface area contributed by atoms with Crippen LogP contribution in [0.25, 0.3) is 0 Å². The molecule has 2 atom stereocenters. The molecule has 1 aromatic rings. The van der Waals surface area contributed by atoms with Crippen LogP contribution in [-0.4, -0.2) is 47.7 Å². The maximum atomic E-state index is 12.1. The summed E-state index contributed by atoms with van der Waals surface area (Å²) in [5.74, 6) is 0.0693. The zero-order valence-electron chi connectivity index (χ0n) is 14.0. The summed E-state index contributed by atoms with van der Waals surface area (Å²) >= 11 is 0. The maximum Gasteiger partial charge on any atom is 0.220 e. The fourth-order valence-electron chi connectivity index (χ4n) is 2.49. The minimum atomic E-state index is -0.0746. The first-order chi connectivity index (χ1) is 11.1. The van der Waals surface area contributed by atoms with Crippen LogP contribution in [0.3, 0.4) is 0 Å². The Bertz CT molecular complexity index is 495. The van der Waals surface area contributed by atoms with E-state index in [9.17, 15) is 4.79 Å². The zero-order valence-corrected chi connectivity index (χ0v) is 14.0. The van der Waals surface area contributed by atoms with Crippen molar-refractivity contribution in [3.05, 3.63) is 30.1 Å². The SMILES string of the molecule is CC(C)=CCO[C@@H]1COCC[C@H]1NC(=O)CCCn1cccn1. The van der Waals surface area contributed by atoms with Crippen LogP contribution in [0.5, 0.6) is 0 Å². The van der Waals surface area contributed by atoms with Gasteiger partial charge in [0.1, 0.15) is 6.10 Å². The quantitative estimate of drug-likeness (QED) is 0.743. The number of ether oxygens (including phenoxy) is 2. The van der Waals surface area contributed by atoms with Gasteiger partial charge in [0.25, 0.3) is 0 Å². The number of allylic oxidation sites excluding steroid dienone is 1. The highest BCUT2D eigenvalue weighted by Crippen LogP contribution is 2.12. The summed E-state index contributed by atoms with van der Waals surface area (Å²) in [6.45, 7) is 6.60. The molecule has 1 aliphatic heterocycles. The monoisotopic (exact) mass is 321 g/mol. The van der Waals surface area contributed by atoms with Gasteiger partial charge in [-0.2, -0.15) is 5.10 Å². The van der Waals surface area contributed by atoms with Crippen LogP contribution < -0.4 is 5.32 Å². The molecule has 0 aliphatic carbocycles. The Hall–Kier alpha value is -1.66. The molecule has 2 heterocycles. The molecule has 0 spiro atoms. The summed E-state index contributed by atoms with van der Waals surface area (Å²) in [5, 5.41) is 7.22. The number of aromatic nitrogens is 2. The summed E-state index contributed by atoms with van der Waals surface area (Å²) in [4.78, 5) is 12.1. The highest BCUT2D eigenvalue weighted by atomic mass is 16.5. The molecule has 23 heavy (non-hydrogen) atoms. The van der Waals surface area contributed by atoms with Crippen molar-refractivity contribution < 1.29 is 14.3 Å². The van der Waals surface area contributed by atoms with E-state index in [-0.39, 0.29) is 18.1 Å². The number of amides is 1. The molecule has 6 heteroatoms. The number of nitrogens with zero attached hydrogens (tertiary/aromatic N) is 2. The van der Waals surface area contributed by atoms with E-state index in [0.29, 0.717) is 26.2 Å². The molecular weight excluding hydrogens is 294 g/mol. The van der Waals surface area contributed by atoms with Crippen molar-refractivity contribution in [1.82, 2.24) is 15.1 Å². The molecule has 1 amide bonds. The van der Waals surface area contributed by atoms with E-state index >= 15 is 0 Å². The Morgan fingerprint density at radius 1 is 1.52 bits per heavy atom. The van der Waals surface area contributed by atoms with E-state index in [1.165, 1.54) is 5.57 Å². The van der Waals surface area contributed by atoms with E-state index in [1.54, 1.807) is 6.20 Å². The number of aryl methyl sites for hydroxylation is 1. The maximum absolute atomic E-state index is 12.1. The Labute approximate surface area is 137 Å². The molecular formula is C17H27N3O3. The van der Waals surface area contributed by atoms with Crippen molar-refractivity contribution in [2.45, 2.75) is 51.8 Å². The molecule has 1 fully saturated rings. The lowest BCUT2D eigenvalue weighted by Gasteiger charge is -2.32. The van der Waals surface area contributed by atoms with Crippen LogP contribution in [0.2, 0.25) is 0 Å². The van der Waals surface area contributed by atoms with Gasteiger partial charge in [-0.25, -0.2) is 0 Å². The van der Waals surface area contributed by atoms with Gasteiger partial charge in [0.15, 0.2) is 0 Å². The van der Waals surface area contributed by atoms with Gasteiger partial charge in [-0.1, -0.05) is 11.6 Å². The van der Waals surface area contributed by atoms with Gasteiger partial charge in [0, 0.05) is 32.0 Å². The molecule has 1 aromatic heterocycles. The molecule has 0 unspecified atom stereocenters. The highest BCUT2D eigenvalue weighted by molar-refractivity contribution is 5.76. The van der Waals surface area contributed by atoms with Crippen LogP contribution in [0, 0.1) is 0 Å². The second kappa shape index (κ2) is 9.47. The minimum Gasteiger partial charge on any atom is -0.379 e. The van der Waals surface area contributed by atoms with E-state index in [1.807, 2.05) is 36.9 Å². The van der Waals surface area contributed by atoms with Gasteiger partial charge in [0.2, 0.25) is 5.91 Å². The lowest BCUT2D eigenvalue weighted by molar-refractivity contribution is -0.125. The number of rotatable bonds is 8. The largest absolute Gasteiger partial charge is 0.379 e. The summed E-state index contributed by atoms with van der Waals surface area (Å²) in [6, 6.07) is 1.92. The number of carbonyl (C=O) groups excluding carboxylic acids is 1. The van der Waals surface area contributed by atoms with Crippen molar-refractivity contribution in [1.29, 1.82) is 0 Å². The first-order valence-corrected chi connectivity index (χ1v) is 8.24. The van der Waals surface area contributed by atoms with Gasteiger partial charge < -0.3 is 14.8 Å². The molecule has 6 nitrogen and oxygen atoms in total. The Morgan fingerprint density at radius 2 is 2.39 bits per heavy atom. The Balaban J connectivity index is 1.71. The number of carbonyl (C=O) groups is 1. The standard InChI is InChI=1S/C17H27N3O3/c1-14(2)6-12-23-16-13-22-11-7-15(16)19-17(21)5-3-9-20-10-4-8-18-20/h4,6,8,10,15-16H,3,5,7,9,11-13H2,1-2H3,(H,19,21)/t15-,16-/m1/s1. The van der Waals surface area contributed by atoms with Crippen LogP contribution in [-0.2, 0) is 20.8 Å². The van der Waals surface area contributed by atoms with Gasteiger partial charge in [0.05, 0.1) is 19.3 Å². The van der Waals surface area contributed by atoms with Crippen molar-refractivity contribution >= 4 is 5.91 Å². The van der Waals surface area contributed by atoms with Gasteiger partial charge in [-0.05, 0) is 32.8 Å². The average Bonchev–Trinajstić information content (AvgIpc) is 3.02. The van der Waals surface area contributed by atoms with Crippen molar-refractivity contribution in [3.8, 4) is 0 Å². The molecule has 1 saturated heterocycles. The Kier molecular flexibility index (Phi) is 7.29. The smallest absolute Gasteiger partial charge is 0.220 e. The molecule has 1 aliphatic rings. The van der Waals surface area contributed by atoms with Crippen LogP contribution in [0.15, 0.2) is 30.1 Å². The third-order valence-corrected chi connectivity index (χ3v) is 3.80. The van der Waals surface area contributed by atoms with E-state index in [4.69, 9.17) is 9.47 Å². The molecule has 128 valence electrons. The zero-order chi connectivity index (χ0) is 16.5. The molecule has 1 N–H and O–H groups in total. The van der Waals surface area contributed by atoms with Crippen molar-refractivity contribution in [3.63, 3.8) is 0 Å². The molecule has 0 bridgehead atoms. The lowest BCUT2D eigenvalue weighted by atomic mass is 10.1. The van der Waals surface area contributed by atoms with Gasteiger partial charge in [-0.3, -0.25) is 9.48 Å². The normalized spacial score (nSPS) is 21.0. The van der Waals surface area contributed by atoms with Crippen LogP contribution in [0.1, 0.15) is 33.1 Å². The first kappa shape index (κ1) is 17.7. The molecule has 0 radical (unpaired) electrons. The average molecular weight is 321 g/mol. The second-order valence-corrected chi connectivity index (χ2v) is 6.06. The first-order valence-electron chi connectivity index (χ1n) is 8.24. The summed E-state index contributed by atoms with van der Waals surface area (Å²) < 4.78 is 13.2. The van der Waals surface area contributed by atoms with Crippen LogP contribution >= 0.6 is 0 Å². The van der Waals surface area contributed by atoms with E-state index < -0.39 is 0 Å². The van der Waals surface area contributed by atoms with Crippen LogP contribution in [0.4, 0.5) is 0 Å². The molecule has 2 rings (SSSR count). The minimum absolute atomic E-state index is 0.0338. The third kappa shape index (κ3) is 6.54. The fraction of sp³-hybridized carbons (Fsp3) is 0.647. The number of hydrogen-bond donors (Lipinski definition) is 1. The summed E-state index contributed by atoms with van der Waals surface area (Å²) in [7, 11) is 0. The van der Waals surface area contributed by atoms with E-state index in [2.05, 4.69) is 10.4 Å². The Morgan fingerprint density at radius 3 is 3.13 bits per heavy atom. The second-order valence-electron chi connectivity index (χ2n) is 6.06. The van der Waals surface area contributed by atoms with Crippen molar-refractivity contribution in [2.24, 2.45) is 0 Å². The number of nitrogens with one attached hydrogen (secondary N) is 1. The van der Waals surface area contributed by atoms with Gasteiger partial charge in [-0.15, -0.1) is 0 Å². The molecule has 0 aromatic carbocycles. The third-order valence-electron chi connectivity index (χ3n) is 3.80. The summed E-state index contributed by atoms with van der Waals surface area (Å²) in [5.41, 5.74) is 1.22. The van der Waals surface area contributed by atoms with Gasteiger partial charge >= 0.3 is 0 Å². The topological polar surface area (TPSA) is 65.4 Å². The van der Waals surface area contributed by atoms with Crippen molar-refractivity contribution in [2.75, 3.05) is 19.8 Å². The lowest BCUT2D eigenvalue weighted by Crippen LogP contribution is -2.50. The summed E-state index contributed by atoms with van der Waals surface area (Å²) in [6.07, 6.45) is 7.69. The highest BCUT2D eigenvalue weighted by Gasteiger charge is 2.27.